The van der Waals surface area contributed by atoms with Crippen LogP contribution in [-0.4, -0.2) is 31.2 Å². The topological polar surface area (TPSA) is 52.5 Å². The molecule has 0 bridgehead atoms. The molecule has 0 aliphatic rings. The molecule has 1 aromatic heterocycles. The highest BCUT2D eigenvalue weighted by Gasteiger charge is 2.11. The highest BCUT2D eigenvalue weighted by molar-refractivity contribution is 5.87. The van der Waals surface area contributed by atoms with Gasteiger partial charge in [0, 0.05) is 30.7 Å². The Bertz CT molecular complexity index is 882. The summed E-state index contributed by atoms with van der Waals surface area (Å²) in [5.74, 6) is 1.63. The van der Waals surface area contributed by atoms with Gasteiger partial charge in [-0.1, -0.05) is 0 Å². The van der Waals surface area contributed by atoms with Gasteiger partial charge in [0.1, 0.15) is 11.5 Å². The molecular formula is C20H22N2O3. The Balaban J connectivity index is 2.03. The summed E-state index contributed by atoms with van der Waals surface area (Å²) < 4.78 is 12.8. The molecule has 5 nitrogen and oxygen atoms in total. The van der Waals surface area contributed by atoms with Crippen LogP contribution in [0.5, 0.6) is 11.5 Å². The average molecular weight is 338 g/mol. The molecule has 25 heavy (non-hydrogen) atoms. The highest BCUT2D eigenvalue weighted by Crippen LogP contribution is 2.29. The molecule has 3 aromatic rings. The number of nitrogens with zero attached hydrogens (tertiary/aromatic N) is 1. The number of ether oxygens (including phenoxy) is 2. The lowest BCUT2D eigenvalue weighted by Gasteiger charge is -2.07. The quantitative estimate of drug-likeness (QED) is 0.750. The Morgan fingerprint density at radius 1 is 1.04 bits per heavy atom. The third kappa shape index (κ3) is 3.60. The molecule has 0 aliphatic heterocycles. The minimum atomic E-state index is -0.0172. The zero-order chi connectivity index (χ0) is 17.8. The Morgan fingerprint density at radius 2 is 1.72 bits per heavy atom. The van der Waals surface area contributed by atoms with E-state index in [9.17, 15) is 4.79 Å². The summed E-state index contributed by atoms with van der Waals surface area (Å²) in [7, 11) is 3.32. The SMILES string of the molecule is COc1ccc(-n2cc(CCNC(C)=O)c3cc(OC)ccc32)cc1. The van der Waals surface area contributed by atoms with Crippen LogP contribution in [0, 0.1) is 0 Å². The Kier molecular flexibility index (Phi) is 4.93. The standard InChI is InChI=1S/C20H22N2O3/c1-14(23)21-11-10-15-13-22(16-4-6-17(24-2)7-5-16)20-9-8-18(25-3)12-19(15)20/h4-9,12-13H,10-11H2,1-3H3,(H,21,23). The molecule has 1 heterocycles. The van der Waals surface area contributed by atoms with E-state index in [4.69, 9.17) is 9.47 Å². The zero-order valence-electron chi connectivity index (χ0n) is 14.7. The Labute approximate surface area is 147 Å². The Hall–Kier alpha value is -2.95. The molecule has 0 spiro atoms. The van der Waals surface area contributed by atoms with Crippen molar-refractivity contribution >= 4 is 16.8 Å². The van der Waals surface area contributed by atoms with Crippen LogP contribution >= 0.6 is 0 Å². The summed E-state index contributed by atoms with van der Waals surface area (Å²) in [6, 6.07) is 14.0. The Morgan fingerprint density at radius 3 is 2.36 bits per heavy atom. The third-order valence-corrected chi connectivity index (χ3v) is 4.21. The normalized spacial score (nSPS) is 10.7. The van der Waals surface area contributed by atoms with Crippen molar-refractivity contribution < 1.29 is 14.3 Å². The lowest BCUT2D eigenvalue weighted by molar-refractivity contribution is -0.118. The second-order valence-electron chi connectivity index (χ2n) is 5.84. The van der Waals surface area contributed by atoms with Gasteiger partial charge in [-0.3, -0.25) is 4.79 Å². The van der Waals surface area contributed by atoms with E-state index in [0.717, 1.165) is 34.5 Å². The van der Waals surface area contributed by atoms with Crippen molar-refractivity contribution in [1.29, 1.82) is 0 Å². The summed E-state index contributed by atoms with van der Waals surface area (Å²) in [5, 5.41) is 3.98. The predicted octanol–water partition coefficient (Wildman–Crippen LogP) is 3.33. The maximum Gasteiger partial charge on any atom is 0.216 e. The second kappa shape index (κ2) is 7.30. The van der Waals surface area contributed by atoms with Crippen LogP contribution in [0.4, 0.5) is 0 Å². The van der Waals surface area contributed by atoms with Gasteiger partial charge >= 0.3 is 0 Å². The van der Waals surface area contributed by atoms with Gasteiger partial charge in [-0.25, -0.2) is 0 Å². The van der Waals surface area contributed by atoms with Crippen LogP contribution in [0.3, 0.4) is 0 Å². The van der Waals surface area contributed by atoms with E-state index < -0.39 is 0 Å². The van der Waals surface area contributed by atoms with E-state index in [1.165, 1.54) is 12.5 Å². The fourth-order valence-electron chi connectivity index (χ4n) is 2.93. The summed E-state index contributed by atoms with van der Waals surface area (Å²) in [6.45, 7) is 2.14. The van der Waals surface area contributed by atoms with Crippen LogP contribution < -0.4 is 14.8 Å². The average Bonchev–Trinajstić information content (AvgIpc) is 2.99. The number of nitrogens with one attached hydrogen (secondary N) is 1. The van der Waals surface area contributed by atoms with Crippen molar-refractivity contribution in [2.75, 3.05) is 20.8 Å². The molecular weight excluding hydrogens is 316 g/mol. The number of hydrogen-bond donors (Lipinski definition) is 1. The van der Waals surface area contributed by atoms with E-state index in [1.54, 1.807) is 14.2 Å². The van der Waals surface area contributed by atoms with Crippen molar-refractivity contribution in [1.82, 2.24) is 9.88 Å². The van der Waals surface area contributed by atoms with E-state index in [-0.39, 0.29) is 5.91 Å². The van der Waals surface area contributed by atoms with Gasteiger partial charge in [0.05, 0.1) is 19.7 Å². The maximum atomic E-state index is 11.1. The number of fused-ring (bicyclic) bond motifs is 1. The van der Waals surface area contributed by atoms with Crippen LogP contribution in [-0.2, 0) is 11.2 Å². The largest absolute Gasteiger partial charge is 0.497 e. The monoisotopic (exact) mass is 338 g/mol. The summed E-state index contributed by atoms with van der Waals surface area (Å²) in [4.78, 5) is 11.1. The first-order valence-electron chi connectivity index (χ1n) is 8.19. The van der Waals surface area contributed by atoms with Gasteiger partial charge in [0.25, 0.3) is 0 Å². The molecule has 1 N–H and O–H groups in total. The van der Waals surface area contributed by atoms with Crippen LogP contribution in [0.25, 0.3) is 16.6 Å². The van der Waals surface area contributed by atoms with Gasteiger partial charge in [0.2, 0.25) is 5.91 Å². The number of methoxy groups -OCH3 is 2. The minimum absolute atomic E-state index is 0.0172. The molecule has 0 saturated heterocycles. The van der Waals surface area contributed by atoms with Crippen molar-refractivity contribution in [3.05, 3.63) is 54.2 Å². The molecule has 0 fully saturated rings. The van der Waals surface area contributed by atoms with Crippen molar-refractivity contribution in [2.45, 2.75) is 13.3 Å². The second-order valence-corrected chi connectivity index (χ2v) is 5.84. The zero-order valence-corrected chi connectivity index (χ0v) is 14.7. The van der Waals surface area contributed by atoms with Crippen LogP contribution in [0.2, 0.25) is 0 Å². The van der Waals surface area contributed by atoms with Crippen molar-refractivity contribution in [3.8, 4) is 17.2 Å². The van der Waals surface area contributed by atoms with Crippen molar-refractivity contribution in [2.24, 2.45) is 0 Å². The molecule has 0 unspecified atom stereocenters. The smallest absolute Gasteiger partial charge is 0.216 e. The summed E-state index contributed by atoms with van der Waals surface area (Å²) in [6.07, 6.45) is 2.88. The van der Waals surface area contributed by atoms with Crippen LogP contribution in [0.15, 0.2) is 48.7 Å². The lowest BCUT2D eigenvalue weighted by atomic mass is 10.1. The molecule has 130 valence electrons. The minimum Gasteiger partial charge on any atom is -0.497 e. The molecule has 3 rings (SSSR count). The number of carbonyl (C=O) groups excluding carboxylic acids is 1. The molecule has 0 saturated carbocycles. The van der Waals surface area contributed by atoms with Crippen molar-refractivity contribution in [3.63, 3.8) is 0 Å². The lowest BCUT2D eigenvalue weighted by Crippen LogP contribution is -2.22. The number of carbonyl (C=O) groups is 1. The number of rotatable bonds is 6. The van der Waals surface area contributed by atoms with Gasteiger partial charge in [-0.15, -0.1) is 0 Å². The fraction of sp³-hybridized carbons (Fsp3) is 0.250. The molecule has 1 amide bonds. The molecule has 0 atom stereocenters. The van der Waals surface area contributed by atoms with E-state index in [2.05, 4.69) is 22.1 Å². The molecule has 0 radical (unpaired) electrons. The fourth-order valence-corrected chi connectivity index (χ4v) is 2.93. The number of aromatic nitrogens is 1. The predicted molar refractivity (Wildman–Crippen MR) is 98.8 cm³/mol. The molecule has 0 aliphatic carbocycles. The number of amides is 1. The van der Waals surface area contributed by atoms with E-state index in [0.29, 0.717) is 6.54 Å². The van der Waals surface area contributed by atoms with E-state index in [1.807, 2.05) is 36.4 Å². The van der Waals surface area contributed by atoms with Gasteiger partial charge in [-0.05, 0) is 54.4 Å². The molecule has 5 heteroatoms. The first kappa shape index (κ1) is 16.9. The first-order valence-corrected chi connectivity index (χ1v) is 8.19. The van der Waals surface area contributed by atoms with Gasteiger partial charge in [0.15, 0.2) is 0 Å². The number of benzene rings is 2. The van der Waals surface area contributed by atoms with Gasteiger partial charge in [-0.2, -0.15) is 0 Å². The van der Waals surface area contributed by atoms with Crippen LogP contribution in [0.1, 0.15) is 12.5 Å². The summed E-state index contributed by atoms with van der Waals surface area (Å²) >= 11 is 0. The number of hydrogen-bond acceptors (Lipinski definition) is 3. The van der Waals surface area contributed by atoms with E-state index >= 15 is 0 Å². The van der Waals surface area contributed by atoms with Gasteiger partial charge < -0.3 is 19.4 Å². The highest BCUT2D eigenvalue weighted by atomic mass is 16.5. The third-order valence-electron chi connectivity index (χ3n) is 4.21. The summed E-state index contributed by atoms with van der Waals surface area (Å²) in [5.41, 5.74) is 3.32. The maximum absolute atomic E-state index is 11.1. The molecule has 2 aromatic carbocycles. The first-order chi connectivity index (χ1) is 12.1.